The molecule has 0 aromatic carbocycles. The van der Waals surface area contributed by atoms with Gasteiger partial charge in [0, 0.05) is 52.5 Å². The molecule has 1 aromatic heterocycles. The molecule has 0 radical (unpaired) electrons. The molecular formula is C17H26N4O2. The van der Waals surface area contributed by atoms with Gasteiger partial charge in [-0.1, -0.05) is 0 Å². The predicted molar refractivity (Wildman–Crippen MR) is 89.7 cm³/mol. The fourth-order valence-corrected chi connectivity index (χ4v) is 3.69. The van der Waals surface area contributed by atoms with Crippen LogP contribution in [0.3, 0.4) is 0 Å². The Morgan fingerprint density at radius 2 is 2.00 bits per heavy atom. The molecule has 1 aromatic rings. The molecule has 126 valence electrons. The molecule has 1 saturated carbocycles. The minimum atomic E-state index is -0.198. The molecule has 1 aliphatic carbocycles. The standard InChI is InChI=1S/C17H26N4O2/c1-19(2)16-13(5-4-8-18-16)17(23)21-11-9-20(10-12-21)14-6-3-7-15(14)22/h4-5,8,14-15,22H,3,6-7,9-12H2,1-2H3/t14-,15-/m0/s1. The zero-order chi connectivity index (χ0) is 16.4. The topological polar surface area (TPSA) is 59.9 Å². The van der Waals surface area contributed by atoms with E-state index in [0.29, 0.717) is 24.5 Å². The number of nitrogens with zero attached hydrogens (tertiary/aromatic N) is 4. The van der Waals surface area contributed by atoms with Gasteiger partial charge in [0.2, 0.25) is 0 Å². The third-order valence-corrected chi connectivity index (χ3v) is 4.96. The quantitative estimate of drug-likeness (QED) is 0.894. The van der Waals surface area contributed by atoms with Crippen molar-refractivity contribution >= 4 is 11.7 Å². The van der Waals surface area contributed by atoms with E-state index >= 15 is 0 Å². The highest BCUT2D eigenvalue weighted by atomic mass is 16.3. The number of amides is 1. The van der Waals surface area contributed by atoms with Crippen molar-refractivity contribution in [2.75, 3.05) is 45.2 Å². The second-order valence-electron chi connectivity index (χ2n) is 6.66. The van der Waals surface area contributed by atoms with Gasteiger partial charge < -0.3 is 14.9 Å². The first-order valence-corrected chi connectivity index (χ1v) is 8.41. The highest BCUT2D eigenvalue weighted by Crippen LogP contribution is 2.25. The fourth-order valence-electron chi connectivity index (χ4n) is 3.69. The zero-order valence-electron chi connectivity index (χ0n) is 14.0. The van der Waals surface area contributed by atoms with Crippen LogP contribution < -0.4 is 4.90 Å². The number of aliphatic hydroxyl groups is 1. The van der Waals surface area contributed by atoms with Crippen LogP contribution in [0.5, 0.6) is 0 Å². The van der Waals surface area contributed by atoms with Crippen molar-refractivity contribution < 1.29 is 9.90 Å². The van der Waals surface area contributed by atoms with Crippen molar-refractivity contribution in [3.05, 3.63) is 23.9 Å². The number of pyridine rings is 1. The van der Waals surface area contributed by atoms with Crippen molar-refractivity contribution in [3.8, 4) is 0 Å². The second kappa shape index (κ2) is 6.84. The molecule has 6 heteroatoms. The summed E-state index contributed by atoms with van der Waals surface area (Å²) in [5.74, 6) is 0.763. The van der Waals surface area contributed by atoms with Crippen LogP contribution >= 0.6 is 0 Å². The molecule has 1 N–H and O–H groups in total. The van der Waals surface area contributed by atoms with Crippen molar-refractivity contribution in [2.45, 2.75) is 31.4 Å². The second-order valence-corrected chi connectivity index (χ2v) is 6.66. The molecule has 0 spiro atoms. The predicted octanol–water partition coefficient (Wildman–Crippen LogP) is 0.819. The minimum Gasteiger partial charge on any atom is -0.391 e. The van der Waals surface area contributed by atoms with Gasteiger partial charge in [0.1, 0.15) is 5.82 Å². The molecule has 2 atom stereocenters. The van der Waals surface area contributed by atoms with Crippen LogP contribution in [0.25, 0.3) is 0 Å². The van der Waals surface area contributed by atoms with Crippen molar-refractivity contribution in [2.24, 2.45) is 0 Å². The Balaban J connectivity index is 1.65. The van der Waals surface area contributed by atoms with Gasteiger partial charge in [0.05, 0.1) is 11.7 Å². The molecular weight excluding hydrogens is 292 g/mol. The summed E-state index contributed by atoms with van der Waals surface area (Å²) >= 11 is 0. The molecule has 0 unspecified atom stereocenters. The molecule has 0 bridgehead atoms. The van der Waals surface area contributed by atoms with Crippen molar-refractivity contribution in [1.29, 1.82) is 0 Å². The molecule has 1 amide bonds. The van der Waals surface area contributed by atoms with Gasteiger partial charge >= 0.3 is 0 Å². The summed E-state index contributed by atoms with van der Waals surface area (Å²) in [5.41, 5.74) is 0.659. The molecule has 1 aliphatic heterocycles. The maximum absolute atomic E-state index is 12.8. The van der Waals surface area contributed by atoms with Crippen LogP contribution in [0, 0.1) is 0 Å². The van der Waals surface area contributed by atoms with Gasteiger partial charge in [0.25, 0.3) is 5.91 Å². The van der Waals surface area contributed by atoms with Gasteiger partial charge in [-0.25, -0.2) is 4.98 Å². The lowest BCUT2D eigenvalue weighted by Crippen LogP contribution is -2.53. The smallest absolute Gasteiger partial charge is 0.257 e. The molecule has 1 saturated heterocycles. The third-order valence-electron chi connectivity index (χ3n) is 4.96. The normalized spacial score (nSPS) is 25.6. The van der Waals surface area contributed by atoms with E-state index in [2.05, 4.69) is 9.88 Å². The van der Waals surface area contributed by atoms with E-state index in [9.17, 15) is 9.90 Å². The lowest BCUT2D eigenvalue weighted by Gasteiger charge is -2.39. The SMILES string of the molecule is CN(C)c1ncccc1C(=O)N1CCN([C@H]2CCC[C@@H]2O)CC1. The molecule has 2 fully saturated rings. The number of piperazine rings is 1. The van der Waals surface area contributed by atoms with Crippen LogP contribution in [-0.4, -0.2) is 78.2 Å². The summed E-state index contributed by atoms with van der Waals surface area (Å²) in [6.45, 7) is 3.10. The summed E-state index contributed by atoms with van der Waals surface area (Å²) in [6, 6.07) is 3.94. The van der Waals surface area contributed by atoms with E-state index in [-0.39, 0.29) is 18.1 Å². The van der Waals surface area contributed by atoms with E-state index in [1.165, 1.54) is 0 Å². The molecule has 2 heterocycles. The van der Waals surface area contributed by atoms with Gasteiger partial charge in [-0.05, 0) is 31.4 Å². The lowest BCUT2D eigenvalue weighted by molar-refractivity contribution is 0.0316. The number of carbonyl (C=O) groups excluding carboxylic acids is 1. The van der Waals surface area contributed by atoms with E-state index < -0.39 is 0 Å². The summed E-state index contributed by atoms with van der Waals surface area (Å²) in [7, 11) is 3.80. The zero-order valence-corrected chi connectivity index (χ0v) is 14.0. The van der Waals surface area contributed by atoms with Gasteiger partial charge in [-0.2, -0.15) is 0 Å². The van der Waals surface area contributed by atoms with E-state index in [1.54, 1.807) is 6.20 Å². The van der Waals surface area contributed by atoms with Gasteiger partial charge in [-0.15, -0.1) is 0 Å². The van der Waals surface area contributed by atoms with Crippen molar-refractivity contribution in [1.82, 2.24) is 14.8 Å². The number of hydrogen-bond donors (Lipinski definition) is 1. The number of aliphatic hydroxyl groups excluding tert-OH is 1. The Morgan fingerprint density at radius 3 is 2.61 bits per heavy atom. The summed E-state index contributed by atoms with van der Waals surface area (Å²) in [6.07, 6.45) is 4.60. The molecule has 2 aliphatic rings. The Hall–Kier alpha value is -1.66. The van der Waals surface area contributed by atoms with Gasteiger partial charge in [0.15, 0.2) is 0 Å². The van der Waals surface area contributed by atoms with Crippen molar-refractivity contribution in [3.63, 3.8) is 0 Å². The first-order valence-electron chi connectivity index (χ1n) is 8.41. The average molecular weight is 318 g/mol. The number of carbonyl (C=O) groups is 1. The number of hydrogen-bond acceptors (Lipinski definition) is 5. The number of rotatable bonds is 3. The maximum Gasteiger partial charge on any atom is 0.257 e. The number of anilines is 1. The molecule has 6 nitrogen and oxygen atoms in total. The van der Waals surface area contributed by atoms with Crippen LogP contribution in [0.4, 0.5) is 5.82 Å². The lowest BCUT2D eigenvalue weighted by atomic mass is 10.1. The molecule has 3 rings (SSSR count). The highest BCUT2D eigenvalue weighted by Gasteiger charge is 2.33. The van der Waals surface area contributed by atoms with E-state index in [4.69, 9.17) is 0 Å². The van der Waals surface area contributed by atoms with Crippen LogP contribution in [0.1, 0.15) is 29.6 Å². The largest absolute Gasteiger partial charge is 0.391 e. The third kappa shape index (κ3) is 3.33. The van der Waals surface area contributed by atoms with Crippen LogP contribution in [0.15, 0.2) is 18.3 Å². The number of aromatic nitrogens is 1. The van der Waals surface area contributed by atoms with Crippen LogP contribution in [-0.2, 0) is 0 Å². The fraction of sp³-hybridized carbons (Fsp3) is 0.647. The highest BCUT2D eigenvalue weighted by molar-refractivity contribution is 5.98. The van der Waals surface area contributed by atoms with Gasteiger partial charge in [-0.3, -0.25) is 9.69 Å². The first kappa shape index (κ1) is 16.2. The van der Waals surface area contributed by atoms with E-state index in [0.717, 1.165) is 32.4 Å². The summed E-state index contributed by atoms with van der Waals surface area (Å²) < 4.78 is 0. The summed E-state index contributed by atoms with van der Waals surface area (Å²) in [5, 5.41) is 10.1. The Morgan fingerprint density at radius 1 is 1.26 bits per heavy atom. The van der Waals surface area contributed by atoms with E-state index in [1.807, 2.05) is 36.0 Å². The summed E-state index contributed by atoms with van der Waals surface area (Å²) in [4.78, 5) is 23.2. The Bertz CT molecular complexity index is 555. The Kier molecular flexibility index (Phi) is 4.82. The monoisotopic (exact) mass is 318 g/mol. The maximum atomic E-state index is 12.8. The average Bonchev–Trinajstić information content (AvgIpc) is 3.00. The van der Waals surface area contributed by atoms with Crippen LogP contribution in [0.2, 0.25) is 0 Å². The molecule has 23 heavy (non-hydrogen) atoms. The first-order chi connectivity index (χ1) is 11.1. The minimum absolute atomic E-state index is 0.0495. The Labute approximate surface area is 137 Å².